The maximum Gasteiger partial charge on any atom is 0.251 e. The van der Waals surface area contributed by atoms with Crippen LogP contribution in [0.1, 0.15) is 45.9 Å². The van der Waals surface area contributed by atoms with Crippen molar-refractivity contribution >= 4 is 17.1 Å². The van der Waals surface area contributed by atoms with E-state index in [1.807, 2.05) is 46.9 Å². The monoisotopic (exact) mass is 439 g/mol. The number of nitrogens with one attached hydrogen (secondary N) is 1. The van der Waals surface area contributed by atoms with E-state index in [1.165, 1.54) is 6.07 Å². The lowest BCUT2D eigenvalue weighted by atomic mass is 10.1. The lowest BCUT2D eigenvalue weighted by molar-refractivity contribution is -0.124. The van der Waals surface area contributed by atoms with Crippen molar-refractivity contribution in [3.05, 3.63) is 65.7 Å². The molecule has 1 saturated heterocycles. The Morgan fingerprint density at radius 2 is 2.03 bits per heavy atom. The molecule has 0 bridgehead atoms. The van der Waals surface area contributed by atoms with E-state index < -0.39 is 5.82 Å². The van der Waals surface area contributed by atoms with E-state index >= 15 is 0 Å². The Morgan fingerprint density at radius 3 is 2.75 bits per heavy atom. The summed E-state index contributed by atoms with van der Waals surface area (Å²) in [7, 11) is 0. The first-order valence-corrected chi connectivity index (χ1v) is 11.4. The van der Waals surface area contributed by atoms with Crippen LogP contribution in [0.4, 0.5) is 4.39 Å². The summed E-state index contributed by atoms with van der Waals surface area (Å²) in [6, 6.07) is 1.81. The molecule has 1 unspecified atom stereocenters. The van der Waals surface area contributed by atoms with Gasteiger partial charge in [-0.3, -0.25) is 4.79 Å². The summed E-state index contributed by atoms with van der Waals surface area (Å²) >= 11 is 0. The van der Waals surface area contributed by atoms with E-state index in [-0.39, 0.29) is 11.9 Å². The van der Waals surface area contributed by atoms with E-state index in [0.29, 0.717) is 22.8 Å². The van der Waals surface area contributed by atoms with Gasteiger partial charge in [-0.15, -0.1) is 0 Å². The number of hydrogen-bond donors (Lipinski definition) is 1. The zero-order valence-corrected chi connectivity index (χ0v) is 19.9. The number of nitrogens with zero attached hydrogens (tertiary/aromatic N) is 4. The fraction of sp³-hybridized carbons (Fsp3) is 0.440. The van der Waals surface area contributed by atoms with Gasteiger partial charge in [-0.1, -0.05) is 19.9 Å². The quantitative estimate of drug-likeness (QED) is 0.731. The fourth-order valence-electron chi connectivity index (χ4n) is 3.99. The SMILES string of the molecule is C/C(=C\C(=O)N1C=C(N2CCN[C@@H](C)C2)C=CC1C)c1cc(F)c2nc(C)cn2c1.CC. The number of amides is 1. The molecule has 2 aromatic heterocycles. The Hall–Kier alpha value is -2.93. The van der Waals surface area contributed by atoms with Gasteiger partial charge in [0.2, 0.25) is 0 Å². The van der Waals surface area contributed by atoms with Gasteiger partial charge in [0.05, 0.1) is 17.4 Å². The molecule has 2 aliphatic heterocycles. The molecular formula is C25H34FN5O. The molecule has 0 aromatic carbocycles. The average Bonchev–Trinajstić information content (AvgIpc) is 3.16. The number of allylic oxidation sites excluding steroid dienone is 2. The van der Waals surface area contributed by atoms with Gasteiger partial charge >= 0.3 is 0 Å². The topological polar surface area (TPSA) is 52.9 Å². The van der Waals surface area contributed by atoms with Gasteiger partial charge in [0.25, 0.3) is 5.91 Å². The van der Waals surface area contributed by atoms with Crippen molar-refractivity contribution in [1.29, 1.82) is 0 Å². The number of aryl methyl sites for hydroxylation is 1. The number of hydrogen-bond acceptors (Lipinski definition) is 4. The summed E-state index contributed by atoms with van der Waals surface area (Å²) in [5.74, 6) is -0.516. The van der Waals surface area contributed by atoms with E-state index in [1.54, 1.807) is 27.8 Å². The van der Waals surface area contributed by atoms with Crippen LogP contribution in [-0.2, 0) is 4.79 Å². The number of pyridine rings is 1. The molecule has 0 aliphatic carbocycles. The molecule has 32 heavy (non-hydrogen) atoms. The van der Waals surface area contributed by atoms with Crippen molar-refractivity contribution in [2.45, 2.75) is 53.6 Å². The van der Waals surface area contributed by atoms with E-state index in [0.717, 1.165) is 31.0 Å². The van der Waals surface area contributed by atoms with Crippen molar-refractivity contribution in [1.82, 2.24) is 24.5 Å². The number of carbonyl (C=O) groups is 1. The summed E-state index contributed by atoms with van der Waals surface area (Å²) in [5.41, 5.74) is 3.45. The van der Waals surface area contributed by atoms with Crippen molar-refractivity contribution < 1.29 is 9.18 Å². The zero-order valence-electron chi connectivity index (χ0n) is 19.9. The third-order valence-corrected chi connectivity index (χ3v) is 5.67. The number of carbonyl (C=O) groups excluding carboxylic acids is 1. The van der Waals surface area contributed by atoms with Gasteiger partial charge in [-0.05, 0) is 51.0 Å². The number of rotatable bonds is 3. The third-order valence-electron chi connectivity index (χ3n) is 5.67. The first kappa shape index (κ1) is 23.7. The number of imidazole rings is 1. The average molecular weight is 440 g/mol. The van der Waals surface area contributed by atoms with E-state index in [4.69, 9.17) is 0 Å². The highest BCUT2D eigenvalue weighted by Crippen LogP contribution is 2.22. The van der Waals surface area contributed by atoms with Crippen LogP contribution >= 0.6 is 0 Å². The van der Waals surface area contributed by atoms with Crippen molar-refractivity contribution in [3.63, 3.8) is 0 Å². The molecule has 0 radical (unpaired) electrons. The predicted octanol–water partition coefficient (Wildman–Crippen LogP) is 4.13. The minimum absolute atomic E-state index is 0.0406. The summed E-state index contributed by atoms with van der Waals surface area (Å²) in [5, 5.41) is 3.44. The molecule has 7 heteroatoms. The smallest absolute Gasteiger partial charge is 0.251 e. The van der Waals surface area contributed by atoms with Gasteiger partial charge < -0.3 is 19.5 Å². The minimum Gasteiger partial charge on any atom is -0.368 e. The second-order valence-electron chi connectivity index (χ2n) is 8.22. The van der Waals surface area contributed by atoms with Crippen LogP contribution in [0.15, 0.2) is 48.6 Å². The molecule has 2 aliphatic rings. The number of piperazine rings is 1. The molecule has 4 heterocycles. The van der Waals surface area contributed by atoms with Crippen molar-refractivity contribution in [3.8, 4) is 0 Å². The van der Waals surface area contributed by atoms with Gasteiger partial charge in [0.1, 0.15) is 0 Å². The summed E-state index contributed by atoms with van der Waals surface area (Å²) in [4.78, 5) is 21.3. The molecule has 2 atom stereocenters. The molecule has 1 amide bonds. The minimum atomic E-state index is -0.398. The van der Waals surface area contributed by atoms with Gasteiger partial charge in [0, 0.05) is 50.3 Å². The predicted molar refractivity (Wildman–Crippen MR) is 127 cm³/mol. The normalized spacial score (nSPS) is 21.3. The largest absolute Gasteiger partial charge is 0.368 e. The number of aromatic nitrogens is 2. The summed E-state index contributed by atoms with van der Waals surface area (Å²) < 4.78 is 16.1. The maximum atomic E-state index is 14.4. The van der Waals surface area contributed by atoms with Crippen LogP contribution in [0.3, 0.4) is 0 Å². The van der Waals surface area contributed by atoms with Crippen molar-refractivity contribution in [2.24, 2.45) is 0 Å². The van der Waals surface area contributed by atoms with Crippen LogP contribution in [0.25, 0.3) is 11.2 Å². The molecular weight excluding hydrogens is 405 g/mol. The Morgan fingerprint density at radius 1 is 1.28 bits per heavy atom. The third kappa shape index (κ3) is 5.10. The van der Waals surface area contributed by atoms with Crippen LogP contribution in [0, 0.1) is 12.7 Å². The van der Waals surface area contributed by atoms with Gasteiger partial charge in [0.15, 0.2) is 11.5 Å². The van der Waals surface area contributed by atoms with E-state index in [9.17, 15) is 9.18 Å². The highest BCUT2D eigenvalue weighted by Gasteiger charge is 2.23. The first-order valence-electron chi connectivity index (χ1n) is 11.4. The molecule has 2 aromatic rings. The van der Waals surface area contributed by atoms with Crippen LogP contribution < -0.4 is 5.32 Å². The van der Waals surface area contributed by atoms with Gasteiger partial charge in [-0.2, -0.15) is 0 Å². The lowest BCUT2D eigenvalue weighted by Gasteiger charge is -2.37. The summed E-state index contributed by atoms with van der Waals surface area (Å²) in [6.07, 6.45) is 11.2. The Bertz CT molecular complexity index is 1070. The second-order valence-corrected chi connectivity index (χ2v) is 8.22. The molecule has 1 fully saturated rings. The zero-order chi connectivity index (χ0) is 23.4. The van der Waals surface area contributed by atoms with Gasteiger partial charge in [-0.25, -0.2) is 9.37 Å². The first-order chi connectivity index (χ1) is 15.3. The Labute approximate surface area is 190 Å². The Kier molecular flexibility index (Phi) is 7.51. The maximum absolute atomic E-state index is 14.4. The molecule has 4 rings (SSSR count). The second kappa shape index (κ2) is 10.1. The highest BCUT2D eigenvalue weighted by molar-refractivity contribution is 5.96. The molecule has 0 saturated carbocycles. The van der Waals surface area contributed by atoms with Crippen molar-refractivity contribution in [2.75, 3.05) is 19.6 Å². The highest BCUT2D eigenvalue weighted by atomic mass is 19.1. The van der Waals surface area contributed by atoms with E-state index in [2.05, 4.69) is 28.2 Å². The molecule has 1 N–H and O–H groups in total. The fourth-order valence-corrected chi connectivity index (χ4v) is 3.99. The van der Waals surface area contributed by atoms with Crippen LogP contribution in [0.2, 0.25) is 0 Å². The van der Waals surface area contributed by atoms with Crippen LogP contribution in [-0.4, -0.2) is 56.8 Å². The molecule has 6 nitrogen and oxygen atoms in total. The number of halogens is 1. The number of fused-ring (bicyclic) bond motifs is 1. The summed E-state index contributed by atoms with van der Waals surface area (Å²) in [6.45, 7) is 14.6. The Balaban J connectivity index is 0.00000141. The molecule has 172 valence electrons. The standard InChI is InChI=1S/C23H28FN5O.C2H6/c1-15(19-10-21(24)23-26-17(3)12-28(23)13-19)9-22(30)29-14-20(6-5-18(29)4)27-8-7-25-16(2)11-27;1-2/h5-6,9-10,12-14,16,18,25H,7-8,11H2,1-4H3;1-2H3/b15-9+;/t16-,18?;/m0./s1. The molecule has 0 spiro atoms. The van der Waals surface area contributed by atoms with Crippen LogP contribution in [0.5, 0.6) is 0 Å². The lowest BCUT2D eigenvalue weighted by Crippen LogP contribution is -2.49.